The van der Waals surface area contributed by atoms with E-state index in [1.807, 2.05) is 30.3 Å². The lowest BCUT2D eigenvalue weighted by Gasteiger charge is -2.25. The molecular formula is C20H23N3O5S2. The fourth-order valence-electron chi connectivity index (χ4n) is 3.57. The smallest absolute Gasteiger partial charge is 0.252 e. The van der Waals surface area contributed by atoms with Crippen LogP contribution >= 0.6 is 11.3 Å². The molecule has 1 atom stereocenters. The summed E-state index contributed by atoms with van der Waals surface area (Å²) < 4.78 is 32.3. The van der Waals surface area contributed by atoms with E-state index in [1.54, 1.807) is 17.0 Å². The summed E-state index contributed by atoms with van der Waals surface area (Å²) in [6, 6.07) is 12.6. The molecule has 0 spiro atoms. The second-order valence-electron chi connectivity index (χ2n) is 7.20. The number of hydrogen-bond acceptors (Lipinski definition) is 6. The molecule has 0 unspecified atom stereocenters. The molecule has 2 saturated heterocycles. The van der Waals surface area contributed by atoms with Crippen LogP contribution in [-0.2, 0) is 30.9 Å². The van der Waals surface area contributed by atoms with Crippen LogP contribution in [0.15, 0.2) is 46.7 Å². The molecule has 2 fully saturated rings. The van der Waals surface area contributed by atoms with Crippen LogP contribution in [-0.4, -0.2) is 57.4 Å². The van der Waals surface area contributed by atoms with Crippen LogP contribution in [0, 0.1) is 5.92 Å². The first-order valence-electron chi connectivity index (χ1n) is 9.75. The minimum Gasteiger partial charge on any atom is -0.379 e. The number of carbonyl (C=O) groups is 2. The van der Waals surface area contributed by atoms with Gasteiger partial charge in [-0.1, -0.05) is 18.2 Å². The summed E-state index contributed by atoms with van der Waals surface area (Å²) in [5, 5.41) is 2.84. The van der Waals surface area contributed by atoms with Gasteiger partial charge in [-0.3, -0.25) is 9.59 Å². The summed E-state index contributed by atoms with van der Waals surface area (Å²) in [5.41, 5.74) is 0.786. The van der Waals surface area contributed by atoms with Gasteiger partial charge >= 0.3 is 0 Å². The minimum atomic E-state index is -3.53. The van der Waals surface area contributed by atoms with Crippen molar-refractivity contribution in [1.82, 2.24) is 9.62 Å². The molecule has 1 N–H and O–H groups in total. The summed E-state index contributed by atoms with van der Waals surface area (Å²) in [4.78, 5) is 27.2. The number of rotatable bonds is 6. The lowest BCUT2D eigenvalue weighted by atomic mass is 10.1. The lowest BCUT2D eigenvalue weighted by Crippen LogP contribution is -2.40. The van der Waals surface area contributed by atoms with Crippen molar-refractivity contribution < 1.29 is 22.7 Å². The molecule has 2 aliphatic rings. The van der Waals surface area contributed by atoms with Crippen LogP contribution in [0.1, 0.15) is 11.3 Å². The van der Waals surface area contributed by atoms with Crippen LogP contribution < -0.4 is 10.2 Å². The molecule has 1 aromatic carbocycles. The summed E-state index contributed by atoms with van der Waals surface area (Å²) in [7, 11) is -3.53. The highest BCUT2D eigenvalue weighted by molar-refractivity contribution is 7.91. The van der Waals surface area contributed by atoms with Gasteiger partial charge in [0.25, 0.3) is 10.0 Å². The third kappa shape index (κ3) is 4.41. The number of carbonyl (C=O) groups excluding carboxylic acids is 2. The van der Waals surface area contributed by atoms with E-state index in [9.17, 15) is 18.0 Å². The van der Waals surface area contributed by atoms with Gasteiger partial charge in [-0.2, -0.15) is 4.31 Å². The number of anilines is 1. The standard InChI is InChI=1S/C20H23N3O5S2/c24-18-12-15(14-23(18)16-4-2-1-3-5-16)20(25)21-13-17-6-7-19(29-17)30(26,27)22-8-10-28-11-9-22/h1-7,15H,8-14H2,(H,21,25)/t15-/m0/s1. The highest BCUT2D eigenvalue weighted by atomic mass is 32.2. The van der Waals surface area contributed by atoms with E-state index in [4.69, 9.17) is 4.74 Å². The number of ether oxygens (including phenoxy) is 1. The van der Waals surface area contributed by atoms with E-state index < -0.39 is 15.9 Å². The quantitative estimate of drug-likeness (QED) is 0.720. The van der Waals surface area contributed by atoms with Crippen molar-refractivity contribution >= 4 is 38.9 Å². The minimum absolute atomic E-state index is 0.0728. The van der Waals surface area contributed by atoms with Crippen molar-refractivity contribution in [2.24, 2.45) is 5.92 Å². The number of benzene rings is 1. The Balaban J connectivity index is 1.34. The molecular weight excluding hydrogens is 426 g/mol. The number of nitrogens with zero attached hydrogens (tertiary/aromatic N) is 2. The molecule has 0 saturated carbocycles. The molecule has 1 aromatic heterocycles. The van der Waals surface area contributed by atoms with Gasteiger partial charge < -0.3 is 15.0 Å². The van der Waals surface area contributed by atoms with Crippen molar-refractivity contribution in [1.29, 1.82) is 0 Å². The third-order valence-corrected chi connectivity index (χ3v) is 8.65. The number of amides is 2. The topological polar surface area (TPSA) is 96.0 Å². The number of para-hydroxylation sites is 1. The van der Waals surface area contributed by atoms with Gasteiger partial charge in [-0.15, -0.1) is 11.3 Å². The third-order valence-electron chi connectivity index (χ3n) is 5.20. The Hall–Kier alpha value is -2.27. The zero-order chi connectivity index (χ0) is 21.1. The van der Waals surface area contributed by atoms with Gasteiger partial charge in [-0.05, 0) is 24.3 Å². The number of hydrogen-bond donors (Lipinski definition) is 1. The summed E-state index contributed by atoms with van der Waals surface area (Å²) in [6.45, 7) is 2.06. The van der Waals surface area contributed by atoms with Gasteiger partial charge in [0, 0.05) is 36.6 Å². The second-order valence-corrected chi connectivity index (χ2v) is 10.5. The van der Waals surface area contributed by atoms with Crippen LogP contribution in [0.2, 0.25) is 0 Å². The predicted octanol–water partition coefficient (Wildman–Crippen LogP) is 1.44. The van der Waals surface area contributed by atoms with Crippen LogP contribution in [0.25, 0.3) is 0 Å². The first-order valence-corrected chi connectivity index (χ1v) is 12.0. The maximum absolute atomic E-state index is 12.7. The Morgan fingerprint density at radius 1 is 1.13 bits per heavy atom. The first-order chi connectivity index (χ1) is 14.4. The van der Waals surface area contributed by atoms with Crippen LogP contribution in [0.5, 0.6) is 0 Å². The molecule has 2 aliphatic heterocycles. The van der Waals surface area contributed by atoms with Crippen molar-refractivity contribution in [3.05, 3.63) is 47.3 Å². The number of morpholine rings is 1. The largest absolute Gasteiger partial charge is 0.379 e. The first kappa shape index (κ1) is 21.0. The molecule has 30 heavy (non-hydrogen) atoms. The zero-order valence-corrected chi connectivity index (χ0v) is 18.0. The van der Waals surface area contributed by atoms with Gasteiger partial charge in [-0.25, -0.2) is 8.42 Å². The summed E-state index contributed by atoms with van der Waals surface area (Å²) in [6.07, 6.45) is 0.168. The molecule has 4 rings (SSSR count). The van der Waals surface area contributed by atoms with E-state index in [2.05, 4.69) is 5.32 Å². The second kappa shape index (κ2) is 8.84. The Bertz CT molecular complexity index is 1020. The highest BCUT2D eigenvalue weighted by Gasteiger charge is 2.35. The molecule has 2 aromatic rings. The maximum Gasteiger partial charge on any atom is 0.252 e. The van der Waals surface area contributed by atoms with Gasteiger partial charge in [0.15, 0.2) is 0 Å². The van der Waals surface area contributed by atoms with Crippen molar-refractivity contribution in [3.63, 3.8) is 0 Å². The number of thiophene rings is 1. The Labute approximate surface area is 179 Å². The van der Waals surface area contributed by atoms with Gasteiger partial charge in [0.2, 0.25) is 11.8 Å². The van der Waals surface area contributed by atoms with Crippen molar-refractivity contribution in [2.45, 2.75) is 17.2 Å². The van der Waals surface area contributed by atoms with E-state index in [0.717, 1.165) is 21.9 Å². The fraction of sp³-hybridized carbons (Fsp3) is 0.400. The Kier molecular flexibility index (Phi) is 6.19. The SMILES string of the molecule is O=C(NCc1ccc(S(=O)(=O)N2CCOCC2)s1)[C@H]1CC(=O)N(c2ccccc2)C1. The number of sulfonamides is 1. The molecule has 2 amide bonds. The van der Waals surface area contributed by atoms with Crippen molar-refractivity contribution in [2.75, 3.05) is 37.7 Å². The van der Waals surface area contributed by atoms with E-state index in [0.29, 0.717) is 32.8 Å². The Morgan fingerprint density at radius 2 is 1.87 bits per heavy atom. The highest BCUT2D eigenvalue weighted by Crippen LogP contribution is 2.27. The predicted molar refractivity (Wildman–Crippen MR) is 113 cm³/mol. The monoisotopic (exact) mass is 449 g/mol. The molecule has 0 radical (unpaired) electrons. The van der Waals surface area contributed by atoms with Gasteiger partial charge in [0.05, 0.1) is 25.7 Å². The normalized spacial score (nSPS) is 20.5. The zero-order valence-electron chi connectivity index (χ0n) is 16.3. The summed E-state index contributed by atoms with van der Waals surface area (Å²) >= 11 is 1.15. The number of nitrogens with one attached hydrogen (secondary N) is 1. The molecule has 10 heteroatoms. The molecule has 8 nitrogen and oxygen atoms in total. The van der Waals surface area contributed by atoms with Gasteiger partial charge in [0.1, 0.15) is 4.21 Å². The van der Waals surface area contributed by atoms with E-state index in [1.165, 1.54) is 4.31 Å². The fourth-order valence-corrected chi connectivity index (χ4v) is 6.42. The average Bonchev–Trinajstić information content (AvgIpc) is 3.40. The molecule has 160 valence electrons. The van der Waals surface area contributed by atoms with Crippen LogP contribution in [0.3, 0.4) is 0 Å². The molecule has 3 heterocycles. The lowest BCUT2D eigenvalue weighted by molar-refractivity contribution is -0.126. The average molecular weight is 450 g/mol. The summed E-state index contributed by atoms with van der Waals surface area (Å²) in [5.74, 6) is -0.696. The van der Waals surface area contributed by atoms with E-state index >= 15 is 0 Å². The van der Waals surface area contributed by atoms with Crippen LogP contribution in [0.4, 0.5) is 5.69 Å². The Morgan fingerprint density at radius 3 is 2.60 bits per heavy atom. The molecule has 0 aliphatic carbocycles. The maximum atomic E-state index is 12.7. The van der Waals surface area contributed by atoms with Crippen molar-refractivity contribution in [3.8, 4) is 0 Å². The molecule has 0 bridgehead atoms. The van der Waals surface area contributed by atoms with E-state index in [-0.39, 0.29) is 29.0 Å².